The Morgan fingerprint density at radius 2 is 2.21 bits per heavy atom. The molecule has 2 N–H and O–H groups in total. The Hall–Kier alpha value is -1.06. The molecule has 0 fully saturated rings. The zero-order chi connectivity index (χ0) is 10.6. The summed E-state index contributed by atoms with van der Waals surface area (Å²) in [4.78, 5) is 0. The number of anilines is 1. The molecule has 1 atom stereocenters. The fraction of sp³-hybridized carbons (Fsp3) is 0.455. The third-order valence-corrected chi connectivity index (χ3v) is 2.03. The second-order valence-electron chi connectivity index (χ2n) is 3.52. The van der Waals surface area contributed by atoms with E-state index in [1.807, 2.05) is 24.2 Å². The number of rotatable bonds is 4. The van der Waals surface area contributed by atoms with Gasteiger partial charge in [-0.15, -0.1) is 0 Å². The largest absolute Gasteiger partial charge is 0.392 e. The van der Waals surface area contributed by atoms with Crippen molar-refractivity contribution in [3.8, 4) is 0 Å². The molecule has 3 nitrogen and oxygen atoms in total. The molecule has 14 heavy (non-hydrogen) atoms. The molecule has 0 saturated heterocycles. The van der Waals surface area contributed by atoms with Crippen LogP contribution in [0.15, 0.2) is 24.3 Å². The van der Waals surface area contributed by atoms with Crippen LogP contribution < -0.4 is 10.4 Å². The lowest BCUT2D eigenvalue weighted by Gasteiger charge is -2.25. The number of aliphatic hydroxyl groups is 1. The van der Waals surface area contributed by atoms with Crippen molar-refractivity contribution in [2.24, 2.45) is 0 Å². The first-order valence-corrected chi connectivity index (χ1v) is 4.83. The standard InChI is InChI=1S/C11H18N2O/c1-9-5-4-6-11(7-9)13(12-3)8-10(2)14/h4-7,10,12,14H,8H2,1-3H3. The maximum absolute atomic E-state index is 9.30. The van der Waals surface area contributed by atoms with Crippen molar-refractivity contribution in [2.75, 3.05) is 18.6 Å². The number of nitrogens with zero attached hydrogens (tertiary/aromatic N) is 1. The van der Waals surface area contributed by atoms with Crippen LogP contribution in [-0.2, 0) is 0 Å². The Kier molecular flexibility index (Phi) is 3.92. The summed E-state index contributed by atoms with van der Waals surface area (Å²) >= 11 is 0. The van der Waals surface area contributed by atoms with Gasteiger partial charge in [-0.25, -0.2) is 5.43 Å². The van der Waals surface area contributed by atoms with Gasteiger partial charge in [0.15, 0.2) is 0 Å². The Bertz CT molecular complexity index is 286. The molecular formula is C11H18N2O. The zero-order valence-corrected chi connectivity index (χ0v) is 8.99. The van der Waals surface area contributed by atoms with Crippen LogP contribution in [0.3, 0.4) is 0 Å². The van der Waals surface area contributed by atoms with Gasteiger partial charge in [-0.1, -0.05) is 12.1 Å². The molecule has 0 aliphatic heterocycles. The molecule has 0 radical (unpaired) electrons. The smallest absolute Gasteiger partial charge is 0.0702 e. The second kappa shape index (κ2) is 4.98. The Morgan fingerprint density at radius 3 is 2.71 bits per heavy atom. The number of aryl methyl sites for hydroxylation is 1. The van der Waals surface area contributed by atoms with E-state index >= 15 is 0 Å². The minimum atomic E-state index is -0.344. The molecule has 0 spiro atoms. The number of hydrazine groups is 1. The van der Waals surface area contributed by atoms with Gasteiger partial charge in [0.1, 0.15) is 0 Å². The zero-order valence-electron chi connectivity index (χ0n) is 8.99. The van der Waals surface area contributed by atoms with E-state index in [-0.39, 0.29) is 6.10 Å². The highest BCUT2D eigenvalue weighted by Gasteiger charge is 2.06. The fourth-order valence-electron chi connectivity index (χ4n) is 1.39. The topological polar surface area (TPSA) is 35.5 Å². The first kappa shape index (κ1) is 11.0. The van der Waals surface area contributed by atoms with Crippen LogP contribution in [-0.4, -0.2) is 24.8 Å². The van der Waals surface area contributed by atoms with Gasteiger partial charge in [0, 0.05) is 7.05 Å². The first-order valence-electron chi connectivity index (χ1n) is 4.83. The van der Waals surface area contributed by atoms with Gasteiger partial charge >= 0.3 is 0 Å². The normalized spacial score (nSPS) is 12.6. The summed E-state index contributed by atoms with van der Waals surface area (Å²) in [5.74, 6) is 0. The summed E-state index contributed by atoms with van der Waals surface area (Å²) in [6.07, 6.45) is -0.344. The summed E-state index contributed by atoms with van der Waals surface area (Å²) in [5, 5.41) is 11.2. The molecule has 3 heteroatoms. The minimum absolute atomic E-state index is 0.344. The van der Waals surface area contributed by atoms with Crippen LogP contribution in [0.25, 0.3) is 0 Å². The van der Waals surface area contributed by atoms with E-state index in [1.54, 1.807) is 6.92 Å². The van der Waals surface area contributed by atoms with E-state index < -0.39 is 0 Å². The van der Waals surface area contributed by atoms with Crippen LogP contribution in [0.1, 0.15) is 12.5 Å². The van der Waals surface area contributed by atoms with Gasteiger partial charge in [-0.2, -0.15) is 0 Å². The SMILES string of the molecule is CNN(CC(C)O)c1cccc(C)c1. The van der Waals surface area contributed by atoms with Gasteiger partial charge in [0.25, 0.3) is 0 Å². The van der Waals surface area contributed by atoms with Crippen molar-refractivity contribution in [2.45, 2.75) is 20.0 Å². The predicted octanol–water partition coefficient (Wildman–Crippen LogP) is 1.32. The summed E-state index contributed by atoms with van der Waals surface area (Å²) < 4.78 is 0. The van der Waals surface area contributed by atoms with Gasteiger partial charge in [0.05, 0.1) is 18.3 Å². The van der Waals surface area contributed by atoms with E-state index in [9.17, 15) is 5.11 Å². The van der Waals surface area contributed by atoms with Crippen molar-refractivity contribution in [1.29, 1.82) is 0 Å². The molecule has 0 saturated carbocycles. The number of nitrogens with one attached hydrogen (secondary N) is 1. The summed E-state index contributed by atoms with van der Waals surface area (Å²) in [6.45, 7) is 4.42. The predicted molar refractivity (Wildman–Crippen MR) is 59.3 cm³/mol. The Labute approximate surface area is 85.3 Å². The summed E-state index contributed by atoms with van der Waals surface area (Å²) in [5.41, 5.74) is 5.34. The van der Waals surface area contributed by atoms with Crippen molar-refractivity contribution < 1.29 is 5.11 Å². The van der Waals surface area contributed by atoms with E-state index in [0.717, 1.165) is 5.69 Å². The molecule has 0 heterocycles. The summed E-state index contributed by atoms with van der Waals surface area (Å²) in [7, 11) is 1.85. The summed E-state index contributed by atoms with van der Waals surface area (Å²) in [6, 6.07) is 8.17. The Balaban J connectivity index is 2.78. The van der Waals surface area contributed by atoms with Crippen molar-refractivity contribution >= 4 is 5.69 Å². The second-order valence-corrected chi connectivity index (χ2v) is 3.52. The van der Waals surface area contributed by atoms with Crippen LogP contribution in [0.4, 0.5) is 5.69 Å². The molecule has 78 valence electrons. The molecule has 0 aliphatic carbocycles. The molecule has 1 unspecified atom stereocenters. The highest BCUT2D eigenvalue weighted by atomic mass is 16.3. The third kappa shape index (κ3) is 3.01. The molecule has 0 bridgehead atoms. The lowest BCUT2D eigenvalue weighted by molar-refractivity contribution is 0.197. The van der Waals surface area contributed by atoms with E-state index in [4.69, 9.17) is 0 Å². The van der Waals surface area contributed by atoms with Gasteiger partial charge in [-0.3, -0.25) is 0 Å². The van der Waals surface area contributed by atoms with Crippen LogP contribution >= 0.6 is 0 Å². The molecule has 0 aromatic heterocycles. The monoisotopic (exact) mass is 194 g/mol. The number of benzene rings is 1. The quantitative estimate of drug-likeness (QED) is 0.709. The molecular weight excluding hydrogens is 176 g/mol. The van der Waals surface area contributed by atoms with Crippen molar-refractivity contribution in [1.82, 2.24) is 5.43 Å². The van der Waals surface area contributed by atoms with E-state index in [1.165, 1.54) is 5.56 Å². The number of hydrogen-bond donors (Lipinski definition) is 2. The molecule has 0 amide bonds. The Morgan fingerprint density at radius 1 is 1.50 bits per heavy atom. The number of hydrogen-bond acceptors (Lipinski definition) is 3. The maximum Gasteiger partial charge on any atom is 0.0702 e. The highest BCUT2D eigenvalue weighted by molar-refractivity contribution is 5.47. The van der Waals surface area contributed by atoms with E-state index in [0.29, 0.717) is 6.54 Å². The van der Waals surface area contributed by atoms with Crippen LogP contribution in [0.5, 0.6) is 0 Å². The first-order chi connectivity index (χ1) is 6.63. The van der Waals surface area contributed by atoms with Gasteiger partial charge in [-0.05, 0) is 31.5 Å². The van der Waals surface area contributed by atoms with Gasteiger partial charge < -0.3 is 10.1 Å². The molecule has 0 aliphatic rings. The third-order valence-electron chi connectivity index (χ3n) is 2.03. The fourth-order valence-corrected chi connectivity index (χ4v) is 1.39. The number of aliphatic hydroxyl groups excluding tert-OH is 1. The molecule has 1 aromatic rings. The van der Waals surface area contributed by atoms with E-state index in [2.05, 4.69) is 24.5 Å². The average Bonchev–Trinajstić information content (AvgIpc) is 2.14. The van der Waals surface area contributed by atoms with Gasteiger partial charge in [0.2, 0.25) is 0 Å². The molecule has 1 rings (SSSR count). The minimum Gasteiger partial charge on any atom is -0.392 e. The van der Waals surface area contributed by atoms with Crippen LogP contribution in [0, 0.1) is 6.92 Å². The van der Waals surface area contributed by atoms with Crippen molar-refractivity contribution in [3.05, 3.63) is 29.8 Å². The lowest BCUT2D eigenvalue weighted by Crippen LogP contribution is -2.40. The van der Waals surface area contributed by atoms with Crippen LogP contribution in [0.2, 0.25) is 0 Å². The molecule has 1 aromatic carbocycles. The average molecular weight is 194 g/mol. The van der Waals surface area contributed by atoms with Crippen molar-refractivity contribution in [3.63, 3.8) is 0 Å². The lowest BCUT2D eigenvalue weighted by atomic mass is 10.2. The highest BCUT2D eigenvalue weighted by Crippen LogP contribution is 2.13. The maximum atomic E-state index is 9.30.